The van der Waals surface area contributed by atoms with E-state index in [0.717, 1.165) is 22.3 Å². The van der Waals surface area contributed by atoms with Gasteiger partial charge in [-0.15, -0.1) is 0 Å². The van der Waals surface area contributed by atoms with Gasteiger partial charge in [0.2, 0.25) is 5.91 Å². The summed E-state index contributed by atoms with van der Waals surface area (Å²) < 4.78 is 10.8. The van der Waals surface area contributed by atoms with Crippen molar-refractivity contribution >= 4 is 18.0 Å². The van der Waals surface area contributed by atoms with Crippen LogP contribution in [-0.4, -0.2) is 66.4 Å². The van der Waals surface area contributed by atoms with Crippen molar-refractivity contribution in [2.45, 2.75) is 43.7 Å². The third-order valence-electron chi connectivity index (χ3n) is 6.94. The second kappa shape index (κ2) is 9.85. The summed E-state index contributed by atoms with van der Waals surface area (Å²) in [6.45, 7) is 2.38. The second-order valence-corrected chi connectivity index (χ2v) is 8.85. The predicted octanol–water partition coefficient (Wildman–Crippen LogP) is 3.40. The Labute approximate surface area is 198 Å². The molecule has 34 heavy (non-hydrogen) atoms. The zero-order valence-electron chi connectivity index (χ0n) is 19.5. The van der Waals surface area contributed by atoms with E-state index in [2.05, 4.69) is 29.6 Å². The summed E-state index contributed by atoms with van der Waals surface area (Å²) in [5.41, 5.74) is 3.21. The van der Waals surface area contributed by atoms with E-state index >= 15 is 0 Å². The molecule has 2 aliphatic rings. The molecule has 1 aliphatic carbocycles. The fraction of sp³-hybridized carbons (Fsp3) is 0.423. The summed E-state index contributed by atoms with van der Waals surface area (Å²) in [6.07, 6.45) is 0.277. The number of benzene rings is 2. The molecule has 4 rings (SSSR count). The van der Waals surface area contributed by atoms with E-state index in [1.807, 2.05) is 31.2 Å². The fourth-order valence-electron chi connectivity index (χ4n) is 4.87. The van der Waals surface area contributed by atoms with Crippen LogP contribution in [0, 0.1) is 0 Å². The number of hydrogen-bond donors (Lipinski definition) is 2. The Morgan fingerprint density at radius 3 is 2.26 bits per heavy atom. The molecule has 2 atom stereocenters. The first kappa shape index (κ1) is 23.8. The maximum absolute atomic E-state index is 12.7. The zero-order chi connectivity index (χ0) is 24.3. The van der Waals surface area contributed by atoms with Crippen molar-refractivity contribution in [3.05, 3.63) is 59.7 Å². The molecule has 0 aromatic heterocycles. The molecular weight excluding hydrogens is 436 g/mol. The van der Waals surface area contributed by atoms with E-state index < -0.39 is 23.7 Å². The number of alkyl carbamates (subject to hydrolysis) is 1. The van der Waals surface area contributed by atoms with Crippen LogP contribution in [-0.2, 0) is 19.1 Å². The van der Waals surface area contributed by atoms with Gasteiger partial charge in [0.1, 0.15) is 6.61 Å². The average Bonchev–Trinajstić information content (AvgIpc) is 3.43. The number of carboxylic acid groups (broad SMARTS) is 1. The molecule has 0 radical (unpaired) electrons. The highest BCUT2D eigenvalue weighted by Crippen LogP contribution is 2.44. The van der Waals surface area contributed by atoms with Crippen LogP contribution in [0.25, 0.3) is 11.1 Å². The lowest BCUT2D eigenvalue weighted by Crippen LogP contribution is -2.45. The lowest BCUT2D eigenvalue weighted by Gasteiger charge is -2.24. The minimum absolute atomic E-state index is 0.000947. The van der Waals surface area contributed by atoms with Gasteiger partial charge in [0.15, 0.2) is 5.60 Å². The van der Waals surface area contributed by atoms with E-state index in [0.29, 0.717) is 13.0 Å². The third kappa shape index (κ3) is 4.50. The van der Waals surface area contributed by atoms with Gasteiger partial charge in [0.25, 0.3) is 0 Å². The van der Waals surface area contributed by atoms with Crippen LogP contribution in [0.1, 0.15) is 43.2 Å². The van der Waals surface area contributed by atoms with Crippen LogP contribution in [0.4, 0.5) is 4.79 Å². The molecule has 2 N–H and O–H groups in total. The van der Waals surface area contributed by atoms with Crippen LogP contribution in [0.5, 0.6) is 0 Å². The van der Waals surface area contributed by atoms with Gasteiger partial charge in [-0.05, 0) is 28.7 Å². The lowest BCUT2D eigenvalue weighted by molar-refractivity contribution is -0.161. The summed E-state index contributed by atoms with van der Waals surface area (Å²) >= 11 is 0. The normalized spacial score (nSPS) is 19.9. The van der Waals surface area contributed by atoms with E-state index in [4.69, 9.17) is 9.47 Å². The molecule has 1 fully saturated rings. The first-order valence-corrected chi connectivity index (χ1v) is 11.6. The number of carbonyl (C=O) groups is 3. The number of nitrogens with zero attached hydrogens (tertiary/aromatic N) is 1. The van der Waals surface area contributed by atoms with Crippen LogP contribution < -0.4 is 5.32 Å². The Kier molecular flexibility index (Phi) is 6.88. The number of hydrogen-bond acceptors (Lipinski definition) is 5. The molecule has 1 heterocycles. The molecule has 2 aromatic carbocycles. The number of ether oxygens (including phenoxy) is 2. The smallest absolute Gasteiger partial charge is 0.407 e. The summed E-state index contributed by atoms with van der Waals surface area (Å²) in [5.74, 6) is -1.33. The van der Waals surface area contributed by atoms with Crippen LogP contribution in [0.15, 0.2) is 48.5 Å². The number of likely N-dealkylation sites (tertiary alicyclic amines) is 1. The number of amides is 2. The molecule has 1 unspecified atom stereocenters. The van der Waals surface area contributed by atoms with Crippen molar-refractivity contribution in [2.24, 2.45) is 0 Å². The van der Waals surface area contributed by atoms with Gasteiger partial charge in [0, 0.05) is 38.5 Å². The quantitative estimate of drug-likeness (QED) is 0.618. The monoisotopic (exact) mass is 466 g/mol. The van der Waals surface area contributed by atoms with Gasteiger partial charge in [0.05, 0.1) is 6.54 Å². The first-order chi connectivity index (χ1) is 16.4. The van der Waals surface area contributed by atoms with Gasteiger partial charge < -0.3 is 24.8 Å². The van der Waals surface area contributed by atoms with E-state index in [1.165, 1.54) is 12.0 Å². The summed E-state index contributed by atoms with van der Waals surface area (Å²) in [4.78, 5) is 38.4. The topological polar surface area (TPSA) is 105 Å². The van der Waals surface area contributed by atoms with Crippen molar-refractivity contribution in [2.75, 3.05) is 26.8 Å². The second-order valence-electron chi connectivity index (χ2n) is 8.85. The maximum Gasteiger partial charge on any atom is 0.407 e. The largest absolute Gasteiger partial charge is 0.479 e. The molecule has 180 valence electrons. The van der Waals surface area contributed by atoms with Gasteiger partial charge in [-0.2, -0.15) is 0 Å². The van der Waals surface area contributed by atoms with Crippen LogP contribution >= 0.6 is 0 Å². The highest BCUT2D eigenvalue weighted by atomic mass is 16.5. The Balaban J connectivity index is 1.33. The SMILES string of the molecule is CC[C@H](CC(=O)N1CCC(OC)(C(=O)O)C1)NC(=O)OCC1c2ccccc2-c2ccccc21. The standard InChI is InChI=1S/C26H30N2O6/c1-3-17(14-23(29)28-13-12-26(16-28,33-2)24(30)31)27-25(32)34-15-22-20-10-6-4-8-18(20)19-9-5-7-11-21(19)22/h4-11,17,22H,3,12-16H2,1-2H3,(H,27,32)(H,30,31)/t17-,26?/m1/s1. The molecule has 1 aliphatic heterocycles. The Morgan fingerprint density at radius 1 is 1.12 bits per heavy atom. The Hall–Kier alpha value is -3.39. The van der Waals surface area contributed by atoms with Crippen molar-refractivity contribution in [3.63, 3.8) is 0 Å². The number of aliphatic carboxylic acids is 1. The maximum atomic E-state index is 12.7. The molecule has 0 saturated carbocycles. The minimum Gasteiger partial charge on any atom is -0.479 e. The van der Waals surface area contributed by atoms with Crippen LogP contribution in [0.2, 0.25) is 0 Å². The fourth-order valence-corrected chi connectivity index (χ4v) is 4.87. The highest BCUT2D eigenvalue weighted by Gasteiger charge is 2.46. The zero-order valence-corrected chi connectivity index (χ0v) is 19.5. The number of carbonyl (C=O) groups excluding carboxylic acids is 2. The summed E-state index contributed by atoms with van der Waals surface area (Å²) in [7, 11) is 1.34. The van der Waals surface area contributed by atoms with Crippen molar-refractivity contribution in [1.29, 1.82) is 0 Å². The summed E-state index contributed by atoms with van der Waals surface area (Å²) in [5, 5.41) is 12.2. The number of carboxylic acids is 1. The minimum atomic E-state index is -1.36. The molecule has 2 amide bonds. The van der Waals surface area contributed by atoms with Gasteiger partial charge in [-0.3, -0.25) is 4.79 Å². The molecule has 0 bridgehead atoms. The number of methoxy groups -OCH3 is 1. The molecule has 1 saturated heterocycles. The third-order valence-corrected chi connectivity index (χ3v) is 6.94. The number of fused-ring (bicyclic) bond motifs is 3. The first-order valence-electron chi connectivity index (χ1n) is 11.6. The van der Waals surface area contributed by atoms with Crippen LogP contribution in [0.3, 0.4) is 0 Å². The van der Waals surface area contributed by atoms with Crippen molar-refractivity contribution in [3.8, 4) is 11.1 Å². The Bertz CT molecular complexity index is 1040. The predicted molar refractivity (Wildman–Crippen MR) is 125 cm³/mol. The molecule has 2 aromatic rings. The highest BCUT2D eigenvalue weighted by molar-refractivity contribution is 5.83. The molecule has 0 spiro atoms. The van der Waals surface area contributed by atoms with Crippen molar-refractivity contribution < 1.29 is 29.0 Å². The number of nitrogens with one attached hydrogen (secondary N) is 1. The van der Waals surface area contributed by atoms with E-state index in [9.17, 15) is 19.5 Å². The van der Waals surface area contributed by atoms with Gasteiger partial charge in [-0.25, -0.2) is 9.59 Å². The Morgan fingerprint density at radius 2 is 1.74 bits per heavy atom. The van der Waals surface area contributed by atoms with E-state index in [-0.39, 0.29) is 37.8 Å². The van der Waals surface area contributed by atoms with Gasteiger partial charge in [-0.1, -0.05) is 55.5 Å². The summed E-state index contributed by atoms with van der Waals surface area (Å²) in [6, 6.07) is 15.8. The van der Waals surface area contributed by atoms with Crippen molar-refractivity contribution in [1.82, 2.24) is 10.2 Å². The lowest BCUT2D eigenvalue weighted by atomic mass is 9.98. The molecular formula is C26H30N2O6. The van der Waals surface area contributed by atoms with E-state index in [1.54, 1.807) is 0 Å². The number of rotatable bonds is 8. The molecule has 8 nitrogen and oxygen atoms in total. The molecule has 8 heteroatoms. The average molecular weight is 467 g/mol. The van der Waals surface area contributed by atoms with Gasteiger partial charge >= 0.3 is 12.1 Å².